The van der Waals surface area contributed by atoms with Crippen LogP contribution < -0.4 is 0 Å². The van der Waals surface area contributed by atoms with Crippen molar-refractivity contribution in [1.29, 1.82) is 0 Å². The van der Waals surface area contributed by atoms with Gasteiger partial charge in [-0.25, -0.2) is 13.6 Å². The quantitative estimate of drug-likeness (QED) is 0.745. The number of nitrogens with zero attached hydrogens (tertiary/aromatic N) is 1. The van der Waals surface area contributed by atoms with E-state index in [1.807, 2.05) is 27.7 Å². The number of alkyl halides is 2. The van der Waals surface area contributed by atoms with E-state index in [-0.39, 0.29) is 24.9 Å². The van der Waals surface area contributed by atoms with Crippen molar-refractivity contribution >= 4 is 6.09 Å². The Morgan fingerprint density at radius 2 is 2.00 bits per heavy atom. The summed E-state index contributed by atoms with van der Waals surface area (Å²) in [6, 6.07) is 0. The van der Waals surface area contributed by atoms with Crippen LogP contribution in [0.2, 0.25) is 0 Å². The zero-order valence-corrected chi connectivity index (χ0v) is 15.4. The van der Waals surface area contributed by atoms with Crippen LogP contribution in [0.4, 0.5) is 13.6 Å². The summed E-state index contributed by atoms with van der Waals surface area (Å²) in [7, 11) is 0. The van der Waals surface area contributed by atoms with E-state index in [2.05, 4.69) is 0 Å². The second-order valence-electron chi connectivity index (χ2n) is 8.32. The van der Waals surface area contributed by atoms with Gasteiger partial charge < -0.3 is 14.4 Å². The van der Waals surface area contributed by atoms with E-state index >= 15 is 0 Å². The van der Waals surface area contributed by atoms with Crippen molar-refractivity contribution in [2.75, 3.05) is 19.7 Å². The number of amides is 1. The van der Waals surface area contributed by atoms with E-state index in [0.717, 1.165) is 19.3 Å². The number of hydrogen-bond donors (Lipinski definition) is 0. The Kier molecular flexibility index (Phi) is 5.78. The Bertz CT molecular complexity index is 450. The lowest BCUT2D eigenvalue weighted by Crippen LogP contribution is -2.41. The summed E-state index contributed by atoms with van der Waals surface area (Å²) in [4.78, 5) is 13.9. The summed E-state index contributed by atoms with van der Waals surface area (Å²) in [6.45, 7) is 8.96. The maximum absolute atomic E-state index is 13.5. The average molecular weight is 347 g/mol. The smallest absolute Gasteiger partial charge is 0.410 e. The van der Waals surface area contributed by atoms with Gasteiger partial charge in [0.1, 0.15) is 5.60 Å². The van der Waals surface area contributed by atoms with E-state index < -0.39 is 17.1 Å². The van der Waals surface area contributed by atoms with Gasteiger partial charge in [-0.1, -0.05) is 6.92 Å². The first-order valence-electron chi connectivity index (χ1n) is 9.04. The molecule has 2 aliphatic rings. The lowest BCUT2D eigenvalue weighted by atomic mass is 9.87. The monoisotopic (exact) mass is 347 g/mol. The Morgan fingerprint density at radius 3 is 2.58 bits per heavy atom. The molecule has 140 valence electrons. The highest BCUT2D eigenvalue weighted by Gasteiger charge is 2.42. The summed E-state index contributed by atoms with van der Waals surface area (Å²) < 4.78 is 38.6. The second-order valence-corrected chi connectivity index (χ2v) is 8.32. The molecule has 0 spiro atoms. The standard InChI is InChI=1S/C18H31F2NO3/c1-5-17(23-12-14-7-6-8-18(19,20)11-14)9-10-21(13-17)15(22)24-16(2,3)4/h14H,5-13H2,1-4H3. The lowest BCUT2D eigenvalue weighted by molar-refractivity contribution is -0.0986. The number of carbonyl (C=O) groups is 1. The number of rotatable bonds is 4. The Labute approximate surface area is 143 Å². The minimum Gasteiger partial charge on any atom is -0.444 e. The summed E-state index contributed by atoms with van der Waals surface area (Å²) in [5, 5.41) is 0. The molecule has 0 aromatic heterocycles. The van der Waals surface area contributed by atoms with Crippen molar-refractivity contribution in [3.8, 4) is 0 Å². The van der Waals surface area contributed by atoms with Gasteiger partial charge in [-0.05, 0) is 52.4 Å². The first kappa shape index (κ1) is 19.4. The molecule has 1 aliphatic carbocycles. The zero-order valence-electron chi connectivity index (χ0n) is 15.4. The summed E-state index contributed by atoms with van der Waals surface area (Å²) in [5.74, 6) is -2.64. The first-order chi connectivity index (χ1) is 11.0. The normalized spacial score (nSPS) is 30.4. The van der Waals surface area contributed by atoms with Gasteiger partial charge >= 0.3 is 6.09 Å². The van der Waals surface area contributed by atoms with Crippen LogP contribution in [0.15, 0.2) is 0 Å². The minimum absolute atomic E-state index is 0.00512. The van der Waals surface area contributed by atoms with Crippen molar-refractivity contribution in [3.63, 3.8) is 0 Å². The fourth-order valence-electron chi connectivity index (χ4n) is 3.55. The van der Waals surface area contributed by atoms with Crippen LogP contribution in [0, 0.1) is 5.92 Å². The molecule has 2 unspecified atom stereocenters. The highest BCUT2D eigenvalue weighted by atomic mass is 19.3. The fraction of sp³-hybridized carbons (Fsp3) is 0.944. The predicted molar refractivity (Wildman–Crippen MR) is 88.3 cm³/mol. The predicted octanol–water partition coefficient (Wildman–Crippen LogP) is 4.62. The average Bonchev–Trinajstić information content (AvgIpc) is 2.88. The number of likely N-dealkylation sites (tertiary alicyclic amines) is 1. The molecule has 1 saturated carbocycles. The third-order valence-electron chi connectivity index (χ3n) is 4.98. The SMILES string of the molecule is CCC1(OCC2CCCC(F)(F)C2)CCN(C(=O)OC(C)(C)C)C1. The highest BCUT2D eigenvalue weighted by molar-refractivity contribution is 5.68. The van der Waals surface area contributed by atoms with Gasteiger partial charge in [0.15, 0.2) is 0 Å². The van der Waals surface area contributed by atoms with Crippen LogP contribution in [-0.2, 0) is 9.47 Å². The first-order valence-corrected chi connectivity index (χ1v) is 9.04. The Balaban J connectivity index is 1.88. The molecule has 2 rings (SSSR count). The molecule has 24 heavy (non-hydrogen) atoms. The third-order valence-corrected chi connectivity index (χ3v) is 4.98. The van der Waals surface area contributed by atoms with Crippen molar-refractivity contribution in [2.24, 2.45) is 5.92 Å². The molecule has 0 radical (unpaired) electrons. The van der Waals surface area contributed by atoms with E-state index in [1.54, 1.807) is 4.90 Å². The van der Waals surface area contributed by atoms with E-state index in [0.29, 0.717) is 26.1 Å². The number of hydrogen-bond acceptors (Lipinski definition) is 3. The van der Waals surface area contributed by atoms with Crippen LogP contribution >= 0.6 is 0 Å². The van der Waals surface area contributed by atoms with Gasteiger partial charge in [0.25, 0.3) is 0 Å². The molecule has 1 aliphatic heterocycles. The van der Waals surface area contributed by atoms with Crippen LogP contribution in [0.5, 0.6) is 0 Å². The molecular formula is C18H31F2NO3. The number of carbonyl (C=O) groups excluding carboxylic acids is 1. The molecule has 1 amide bonds. The molecule has 1 saturated heterocycles. The van der Waals surface area contributed by atoms with E-state index in [1.165, 1.54) is 0 Å². The molecule has 0 aromatic rings. The van der Waals surface area contributed by atoms with E-state index in [9.17, 15) is 13.6 Å². The number of halogens is 2. The Hall–Kier alpha value is -0.910. The highest BCUT2D eigenvalue weighted by Crippen LogP contribution is 2.38. The molecule has 2 fully saturated rings. The van der Waals surface area contributed by atoms with Crippen LogP contribution in [0.3, 0.4) is 0 Å². The van der Waals surface area contributed by atoms with Gasteiger partial charge in [0.05, 0.1) is 18.8 Å². The zero-order chi connectivity index (χ0) is 18.0. The summed E-state index contributed by atoms with van der Waals surface area (Å²) >= 11 is 0. The van der Waals surface area contributed by atoms with Gasteiger partial charge in [-0.2, -0.15) is 0 Å². The molecular weight excluding hydrogens is 316 g/mol. The maximum atomic E-state index is 13.5. The summed E-state index contributed by atoms with van der Waals surface area (Å²) in [5.41, 5.74) is -0.952. The molecule has 0 bridgehead atoms. The lowest BCUT2D eigenvalue weighted by Gasteiger charge is -2.34. The second kappa shape index (κ2) is 7.14. The van der Waals surface area contributed by atoms with Crippen LogP contribution in [0.1, 0.15) is 66.2 Å². The maximum Gasteiger partial charge on any atom is 0.410 e. The van der Waals surface area contributed by atoms with E-state index in [4.69, 9.17) is 9.47 Å². The molecule has 2 atom stereocenters. The molecule has 1 heterocycles. The van der Waals surface area contributed by atoms with Crippen LogP contribution in [0.25, 0.3) is 0 Å². The number of ether oxygens (including phenoxy) is 2. The van der Waals surface area contributed by atoms with Gasteiger partial charge in [-0.15, -0.1) is 0 Å². The molecule has 0 N–H and O–H groups in total. The van der Waals surface area contributed by atoms with Crippen molar-refractivity contribution in [3.05, 3.63) is 0 Å². The summed E-state index contributed by atoms with van der Waals surface area (Å²) in [6.07, 6.45) is 2.43. The van der Waals surface area contributed by atoms with Crippen molar-refractivity contribution < 1.29 is 23.0 Å². The topological polar surface area (TPSA) is 38.8 Å². The van der Waals surface area contributed by atoms with Gasteiger partial charge in [-0.3, -0.25) is 0 Å². The van der Waals surface area contributed by atoms with Crippen LogP contribution in [-0.4, -0.2) is 47.8 Å². The molecule has 6 heteroatoms. The molecule has 0 aromatic carbocycles. The third kappa shape index (κ3) is 5.30. The van der Waals surface area contributed by atoms with Crippen molar-refractivity contribution in [1.82, 2.24) is 4.90 Å². The minimum atomic E-state index is -2.55. The van der Waals surface area contributed by atoms with Crippen molar-refractivity contribution in [2.45, 2.75) is 83.3 Å². The van der Waals surface area contributed by atoms with Gasteiger partial charge in [0, 0.05) is 19.4 Å². The largest absolute Gasteiger partial charge is 0.444 e. The Morgan fingerprint density at radius 1 is 1.29 bits per heavy atom. The molecule has 4 nitrogen and oxygen atoms in total. The van der Waals surface area contributed by atoms with Gasteiger partial charge in [0.2, 0.25) is 5.92 Å². The fourth-order valence-corrected chi connectivity index (χ4v) is 3.55.